The number of aromatic nitrogens is 4. The van der Waals surface area contributed by atoms with E-state index in [1.807, 2.05) is 13.8 Å². The summed E-state index contributed by atoms with van der Waals surface area (Å²) in [5.74, 6) is 0.0380. The van der Waals surface area contributed by atoms with Crippen LogP contribution in [0.2, 0.25) is 5.15 Å². The monoisotopic (exact) mass is 505 g/mol. The number of aryl methyl sites for hydroxylation is 1. The van der Waals surface area contributed by atoms with Crippen molar-refractivity contribution in [1.29, 1.82) is 0 Å². The molecule has 0 aromatic carbocycles. The van der Waals surface area contributed by atoms with E-state index in [-0.39, 0.29) is 29.0 Å². The number of rotatable bonds is 7. The second kappa shape index (κ2) is 10.2. The molecule has 3 aromatic heterocycles. The number of pyridine rings is 2. The first-order chi connectivity index (χ1) is 16.3. The highest BCUT2D eigenvalue weighted by Gasteiger charge is 2.30. The average molecular weight is 506 g/mol. The van der Waals surface area contributed by atoms with Crippen molar-refractivity contribution in [2.45, 2.75) is 32.5 Å². The van der Waals surface area contributed by atoms with E-state index in [4.69, 9.17) is 30.5 Å². The van der Waals surface area contributed by atoms with Crippen LogP contribution in [0.25, 0.3) is 11.1 Å². The van der Waals surface area contributed by atoms with E-state index in [0.29, 0.717) is 46.1 Å². The quantitative estimate of drug-likeness (QED) is 0.478. The Balaban J connectivity index is 1.50. The van der Waals surface area contributed by atoms with E-state index in [2.05, 4.69) is 25.5 Å². The molecule has 1 N–H and O–H groups in total. The third kappa shape index (κ3) is 5.61. The van der Waals surface area contributed by atoms with Gasteiger partial charge < -0.3 is 18.9 Å². The third-order valence-electron chi connectivity index (χ3n) is 4.94. The number of carbonyl (C=O) groups is 1. The van der Waals surface area contributed by atoms with E-state index in [0.717, 1.165) is 11.3 Å². The van der Waals surface area contributed by atoms with Gasteiger partial charge in [-0.25, -0.2) is 4.98 Å². The van der Waals surface area contributed by atoms with Crippen molar-refractivity contribution < 1.29 is 23.7 Å². The van der Waals surface area contributed by atoms with Gasteiger partial charge in [0.05, 0.1) is 37.2 Å². The molecule has 0 radical (unpaired) electrons. The summed E-state index contributed by atoms with van der Waals surface area (Å²) in [4.78, 5) is 21.5. The van der Waals surface area contributed by atoms with E-state index in [1.54, 1.807) is 25.3 Å². The zero-order valence-corrected chi connectivity index (χ0v) is 20.7. The predicted molar refractivity (Wildman–Crippen MR) is 127 cm³/mol. The molecule has 180 valence electrons. The zero-order valence-electron chi connectivity index (χ0n) is 19.1. The Morgan fingerprint density at radius 2 is 2.18 bits per heavy atom. The second-order valence-electron chi connectivity index (χ2n) is 8.19. The van der Waals surface area contributed by atoms with E-state index in [9.17, 15) is 4.79 Å². The molecule has 1 aliphatic rings. The van der Waals surface area contributed by atoms with Gasteiger partial charge in [-0.3, -0.25) is 15.1 Å². The molecule has 1 atom stereocenters. The van der Waals surface area contributed by atoms with Gasteiger partial charge in [-0.15, -0.1) is 5.10 Å². The van der Waals surface area contributed by atoms with Gasteiger partial charge in [0.2, 0.25) is 5.13 Å². The number of methoxy groups -OCH3 is 1. The number of anilines is 1. The molecule has 0 bridgehead atoms. The number of hydrogen-bond acceptors (Lipinski definition) is 10. The van der Waals surface area contributed by atoms with Gasteiger partial charge in [0, 0.05) is 18.0 Å². The standard InChI is InChI=1S/C22H24ClN5O5S/c1-12-18(30-4)17(13-5-6-24-16(23)7-13)15(8-25-12)19(29)26-20-27-28-21(34-20)32-10-14-9-31-11-22(2,3)33-14/h5-8,14H,9-11H2,1-4H3,(H,26,27,29)/t14-/m0/s1. The third-order valence-corrected chi connectivity index (χ3v) is 5.89. The first-order valence-electron chi connectivity index (χ1n) is 10.4. The van der Waals surface area contributed by atoms with Crippen molar-refractivity contribution in [2.75, 3.05) is 32.2 Å². The molecule has 34 heavy (non-hydrogen) atoms. The minimum atomic E-state index is -0.429. The van der Waals surface area contributed by atoms with Crippen LogP contribution >= 0.6 is 22.9 Å². The Morgan fingerprint density at radius 1 is 1.35 bits per heavy atom. The molecule has 1 fully saturated rings. The van der Waals surface area contributed by atoms with Crippen molar-refractivity contribution in [3.05, 3.63) is 40.9 Å². The molecule has 0 unspecified atom stereocenters. The lowest BCUT2D eigenvalue weighted by Crippen LogP contribution is -2.45. The van der Waals surface area contributed by atoms with Gasteiger partial charge in [-0.2, -0.15) is 0 Å². The predicted octanol–water partition coefficient (Wildman–Crippen LogP) is 3.79. The SMILES string of the molecule is COc1c(C)ncc(C(=O)Nc2nnc(OC[C@@H]3COCC(C)(C)O3)s2)c1-c1ccnc(Cl)c1. The van der Waals surface area contributed by atoms with Gasteiger partial charge in [0.15, 0.2) is 0 Å². The lowest BCUT2D eigenvalue weighted by atomic mass is 9.99. The Labute approximate surface area is 205 Å². The molecule has 4 heterocycles. The van der Waals surface area contributed by atoms with E-state index < -0.39 is 5.91 Å². The first-order valence-corrected chi connectivity index (χ1v) is 11.6. The van der Waals surface area contributed by atoms with E-state index >= 15 is 0 Å². The molecule has 0 spiro atoms. The molecular weight excluding hydrogens is 482 g/mol. The molecule has 0 aliphatic carbocycles. The van der Waals surface area contributed by atoms with Crippen LogP contribution in [0, 0.1) is 6.92 Å². The van der Waals surface area contributed by atoms with Crippen LogP contribution in [-0.2, 0) is 9.47 Å². The molecular formula is C22H24ClN5O5S. The summed E-state index contributed by atoms with van der Waals surface area (Å²) in [5, 5.41) is 11.6. The molecule has 1 saturated heterocycles. The molecule has 0 saturated carbocycles. The molecule has 3 aromatic rings. The highest BCUT2D eigenvalue weighted by Crippen LogP contribution is 2.36. The van der Waals surface area contributed by atoms with Gasteiger partial charge in [-0.05, 0) is 49.8 Å². The summed E-state index contributed by atoms with van der Waals surface area (Å²) in [6, 6.07) is 3.40. The summed E-state index contributed by atoms with van der Waals surface area (Å²) in [5.41, 5.74) is 1.77. The van der Waals surface area contributed by atoms with Gasteiger partial charge in [0.1, 0.15) is 23.6 Å². The molecule has 4 rings (SSSR count). The van der Waals surface area contributed by atoms with Crippen LogP contribution in [-0.4, -0.2) is 64.7 Å². The number of amides is 1. The van der Waals surface area contributed by atoms with Crippen LogP contribution in [0.4, 0.5) is 5.13 Å². The number of ether oxygens (including phenoxy) is 4. The molecule has 1 amide bonds. The van der Waals surface area contributed by atoms with Crippen molar-refractivity contribution in [3.63, 3.8) is 0 Å². The largest absolute Gasteiger partial charge is 0.494 e. The van der Waals surface area contributed by atoms with Crippen LogP contribution < -0.4 is 14.8 Å². The number of carbonyl (C=O) groups excluding carboxylic acids is 1. The maximum Gasteiger partial charge on any atom is 0.295 e. The van der Waals surface area contributed by atoms with Crippen molar-refractivity contribution in [1.82, 2.24) is 20.2 Å². The summed E-state index contributed by atoms with van der Waals surface area (Å²) in [6.07, 6.45) is 2.83. The second-order valence-corrected chi connectivity index (χ2v) is 9.51. The highest BCUT2D eigenvalue weighted by molar-refractivity contribution is 7.17. The Hall–Kier alpha value is -2.86. The lowest BCUT2D eigenvalue weighted by Gasteiger charge is -2.35. The minimum absolute atomic E-state index is 0.216. The molecule has 1 aliphatic heterocycles. The fourth-order valence-electron chi connectivity index (χ4n) is 3.54. The van der Waals surface area contributed by atoms with Crippen molar-refractivity contribution in [3.8, 4) is 22.1 Å². The fourth-order valence-corrected chi connectivity index (χ4v) is 4.31. The molecule has 10 nitrogen and oxygen atoms in total. The topological polar surface area (TPSA) is 118 Å². The van der Waals surface area contributed by atoms with Crippen LogP contribution in [0.15, 0.2) is 24.5 Å². The maximum atomic E-state index is 13.2. The normalized spacial score (nSPS) is 17.3. The Kier molecular flexibility index (Phi) is 7.27. The summed E-state index contributed by atoms with van der Waals surface area (Å²) < 4.78 is 22.7. The van der Waals surface area contributed by atoms with Crippen molar-refractivity contribution in [2.24, 2.45) is 0 Å². The minimum Gasteiger partial charge on any atom is -0.494 e. The van der Waals surface area contributed by atoms with Gasteiger partial charge in [0.25, 0.3) is 11.1 Å². The smallest absolute Gasteiger partial charge is 0.295 e. The van der Waals surface area contributed by atoms with Crippen LogP contribution in [0.5, 0.6) is 10.9 Å². The molecule has 12 heteroatoms. The number of nitrogens with one attached hydrogen (secondary N) is 1. The number of halogens is 1. The summed E-state index contributed by atoms with van der Waals surface area (Å²) in [6.45, 7) is 6.95. The van der Waals surface area contributed by atoms with E-state index in [1.165, 1.54) is 13.3 Å². The summed E-state index contributed by atoms with van der Waals surface area (Å²) in [7, 11) is 1.52. The lowest BCUT2D eigenvalue weighted by molar-refractivity contribution is -0.189. The Morgan fingerprint density at radius 3 is 2.91 bits per heavy atom. The number of nitrogens with zero attached hydrogens (tertiary/aromatic N) is 4. The van der Waals surface area contributed by atoms with Gasteiger partial charge in [-0.1, -0.05) is 16.7 Å². The highest BCUT2D eigenvalue weighted by atomic mass is 35.5. The number of hydrogen-bond donors (Lipinski definition) is 1. The average Bonchev–Trinajstić information content (AvgIpc) is 3.24. The Bertz CT molecular complexity index is 1190. The fraction of sp³-hybridized carbons (Fsp3) is 0.409. The first kappa shape index (κ1) is 24.3. The zero-order chi connectivity index (χ0) is 24.3. The van der Waals surface area contributed by atoms with Crippen LogP contribution in [0.3, 0.4) is 0 Å². The maximum absolute atomic E-state index is 13.2. The van der Waals surface area contributed by atoms with Crippen molar-refractivity contribution >= 4 is 34.0 Å². The summed E-state index contributed by atoms with van der Waals surface area (Å²) >= 11 is 7.19. The van der Waals surface area contributed by atoms with Crippen LogP contribution in [0.1, 0.15) is 29.9 Å². The van der Waals surface area contributed by atoms with Gasteiger partial charge >= 0.3 is 0 Å².